The van der Waals surface area contributed by atoms with Crippen LogP contribution >= 0.6 is 0 Å². The van der Waals surface area contributed by atoms with Crippen molar-refractivity contribution in [3.05, 3.63) is 24.3 Å². The molecule has 1 heterocycles. The fourth-order valence-electron chi connectivity index (χ4n) is 2.88. The van der Waals surface area contributed by atoms with Gasteiger partial charge in [-0.05, 0) is 43.1 Å². The summed E-state index contributed by atoms with van der Waals surface area (Å²) in [6.45, 7) is 11.8. The van der Waals surface area contributed by atoms with Crippen molar-refractivity contribution in [1.82, 2.24) is 4.90 Å². The Morgan fingerprint density at radius 3 is 2.45 bits per heavy atom. The third-order valence-electron chi connectivity index (χ3n) is 4.47. The number of piperidine rings is 1. The van der Waals surface area contributed by atoms with Gasteiger partial charge in [0.2, 0.25) is 5.91 Å². The van der Waals surface area contributed by atoms with E-state index < -0.39 is 0 Å². The minimum absolute atomic E-state index is 0.00222. The van der Waals surface area contributed by atoms with Gasteiger partial charge in [0, 0.05) is 36.4 Å². The van der Waals surface area contributed by atoms with Gasteiger partial charge in [0.05, 0.1) is 0 Å². The van der Waals surface area contributed by atoms with Gasteiger partial charge < -0.3 is 15.5 Å². The van der Waals surface area contributed by atoms with Gasteiger partial charge in [-0.25, -0.2) is 0 Å². The van der Waals surface area contributed by atoms with Crippen molar-refractivity contribution in [3.8, 4) is 0 Å². The highest BCUT2D eigenvalue weighted by Crippen LogP contribution is 2.22. The zero-order valence-corrected chi connectivity index (χ0v) is 14.2. The lowest BCUT2D eigenvalue weighted by Crippen LogP contribution is -2.44. The van der Waals surface area contributed by atoms with Gasteiger partial charge >= 0.3 is 0 Å². The highest BCUT2D eigenvalue weighted by atomic mass is 16.1. The van der Waals surface area contributed by atoms with E-state index in [4.69, 9.17) is 0 Å². The van der Waals surface area contributed by atoms with Crippen LogP contribution in [0.2, 0.25) is 0 Å². The van der Waals surface area contributed by atoms with E-state index in [1.54, 1.807) is 0 Å². The zero-order valence-electron chi connectivity index (χ0n) is 14.2. The van der Waals surface area contributed by atoms with E-state index in [-0.39, 0.29) is 11.8 Å². The number of likely N-dealkylation sites (tertiary alicyclic amines) is 1. The molecule has 2 atom stereocenters. The predicted molar refractivity (Wildman–Crippen MR) is 93.2 cm³/mol. The Morgan fingerprint density at radius 1 is 1.27 bits per heavy atom. The molecule has 0 saturated carbocycles. The fraction of sp³-hybridized carbons (Fsp3) is 0.611. The van der Waals surface area contributed by atoms with E-state index in [2.05, 4.69) is 41.5 Å². The molecule has 4 nitrogen and oxygen atoms in total. The number of benzene rings is 1. The second-order valence-corrected chi connectivity index (χ2v) is 6.63. The smallest absolute Gasteiger partial charge is 0.226 e. The van der Waals surface area contributed by atoms with Crippen LogP contribution in [0.15, 0.2) is 24.3 Å². The molecular weight excluding hydrogens is 274 g/mol. The Labute approximate surface area is 134 Å². The van der Waals surface area contributed by atoms with E-state index in [0.717, 1.165) is 24.5 Å². The number of hydrogen-bond acceptors (Lipinski definition) is 3. The Morgan fingerprint density at radius 2 is 1.91 bits per heavy atom. The number of amides is 1. The van der Waals surface area contributed by atoms with Crippen molar-refractivity contribution in [3.63, 3.8) is 0 Å². The van der Waals surface area contributed by atoms with Crippen molar-refractivity contribution in [1.29, 1.82) is 0 Å². The van der Waals surface area contributed by atoms with E-state index in [1.165, 1.54) is 13.0 Å². The van der Waals surface area contributed by atoms with Crippen LogP contribution in [-0.2, 0) is 4.79 Å². The lowest BCUT2D eigenvalue weighted by molar-refractivity contribution is -0.118. The van der Waals surface area contributed by atoms with E-state index in [0.29, 0.717) is 12.0 Å². The molecule has 1 aromatic rings. The predicted octanol–water partition coefficient (Wildman–Crippen LogP) is 3.42. The number of rotatable bonds is 5. The monoisotopic (exact) mass is 303 g/mol. The van der Waals surface area contributed by atoms with Crippen molar-refractivity contribution in [2.45, 2.75) is 40.2 Å². The zero-order chi connectivity index (χ0) is 16.1. The SMILES string of the molecule is CCN1CC[C@@H](Nc2ccc(NC(=O)C(C)C)cc2)[C@H](C)C1. The standard InChI is InChI=1S/C18H29N3O/c1-5-21-11-10-17(14(4)12-21)19-15-6-8-16(9-7-15)20-18(22)13(2)3/h6-9,13-14,17,19H,5,10-12H2,1-4H3,(H,20,22)/t14-,17-/m1/s1. The molecule has 0 radical (unpaired) electrons. The molecule has 2 N–H and O–H groups in total. The van der Waals surface area contributed by atoms with Crippen LogP contribution in [0.3, 0.4) is 0 Å². The Hall–Kier alpha value is -1.55. The molecule has 1 amide bonds. The van der Waals surface area contributed by atoms with Crippen molar-refractivity contribution in [2.24, 2.45) is 11.8 Å². The minimum atomic E-state index is 0.00222. The lowest BCUT2D eigenvalue weighted by Gasteiger charge is -2.37. The number of hydrogen-bond donors (Lipinski definition) is 2. The summed E-state index contributed by atoms with van der Waals surface area (Å²) in [5, 5.41) is 6.56. The summed E-state index contributed by atoms with van der Waals surface area (Å²) < 4.78 is 0. The van der Waals surface area contributed by atoms with E-state index in [1.807, 2.05) is 26.0 Å². The van der Waals surface area contributed by atoms with Crippen LogP contribution in [0.1, 0.15) is 34.1 Å². The summed E-state index contributed by atoms with van der Waals surface area (Å²) in [4.78, 5) is 14.2. The quantitative estimate of drug-likeness (QED) is 0.876. The molecule has 22 heavy (non-hydrogen) atoms. The maximum absolute atomic E-state index is 11.7. The Balaban J connectivity index is 1.90. The van der Waals surface area contributed by atoms with Gasteiger partial charge in [-0.1, -0.05) is 27.7 Å². The molecule has 1 aromatic carbocycles. The Bertz CT molecular complexity index is 484. The highest BCUT2D eigenvalue weighted by Gasteiger charge is 2.24. The maximum atomic E-state index is 11.7. The normalized spacial score (nSPS) is 22.6. The van der Waals surface area contributed by atoms with Crippen molar-refractivity contribution in [2.75, 3.05) is 30.3 Å². The molecule has 0 aromatic heterocycles. The molecule has 2 rings (SSSR count). The summed E-state index contributed by atoms with van der Waals surface area (Å²) in [5.41, 5.74) is 1.99. The molecule has 1 aliphatic rings. The summed E-state index contributed by atoms with van der Waals surface area (Å²) in [6.07, 6.45) is 1.18. The highest BCUT2D eigenvalue weighted by molar-refractivity contribution is 5.92. The summed E-state index contributed by atoms with van der Waals surface area (Å²) in [6, 6.07) is 8.56. The van der Waals surface area contributed by atoms with Crippen LogP contribution in [0.4, 0.5) is 11.4 Å². The molecule has 1 aliphatic heterocycles. The topological polar surface area (TPSA) is 44.4 Å². The van der Waals surface area contributed by atoms with Gasteiger partial charge in [-0.2, -0.15) is 0 Å². The first-order valence-electron chi connectivity index (χ1n) is 8.39. The first-order valence-corrected chi connectivity index (χ1v) is 8.39. The van der Waals surface area contributed by atoms with E-state index >= 15 is 0 Å². The molecule has 122 valence electrons. The molecule has 4 heteroatoms. The second kappa shape index (κ2) is 7.63. The molecule has 0 bridgehead atoms. The first-order chi connectivity index (χ1) is 10.5. The van der Waals surface area contributed by atoms with Gasteiger partial charge in [0.1, 0.15) is 0 Å². The second-order valence-electron chi connectivity index (χ2n) is 6.63. The summed E-state index contributed by atoms with van der Waals surface area (Å²) >= 11 is 0. The third-order valence-corrected chi connectivity index (χ3v) is 4.47. The van der Waals surface area contributed by atoms with Crippen LogP contribution in [0, 0.1) is 11.8 Å². The number of anilines is 2. The van der Waals surface area contributed by atoms with Gasteiger partial charge in [-0.15, -0.1) is 0 Å². The third kappa shape index (κ3) is 4.47. The average Bonchev–Trinajstić information content (AvgIpc) is 2.51. The number of nitrogens with one attached hydrogen (secondary N) is 2. The number of nitrogens with zero attached hydrogens (tertiary/aromatic N) is 1. The van der Waals surface area contributed by atoms with Gasteiger partial charge in [0.15, 0.2) is 0 Å². The maximum Gasteiger partial charge on any atom is 0.226 e. The summed E-state index contributed by atoms with van der Waals surface area (Å²) in [5.74, 6) is 0.706. The minimum Gasteiger partial charge on any atom is -0.382 e. The van der Waals surface area contributed by atoms with Gasteiger partial charge in [-0.3, -0.25) is 4.79 Å². The largest absolute Gasteiger partial charge is 0.382 e. The lowest BCUT2D eigenvalue weighted by atomic mass is 9.93. The summed E-state index contributed by atoms with van der Waals surface area (Å²) in [7, 11) is 0. The first kappa shape index (κ1) is 16.8. The molecule has 0 aliphatic carbocycles. The van der Waals surface area contributed by atoms with Crippen LogP contribution in [0.25, 0.3) is 0 Å². The van der Waals surface area contributed by atoms with Crippen molar-refractivity contribution < 1.29 is 4.79 Å². The molecular formula is C18H29N3O. The molecule has 1 saturated heterocycles. The fourth-order valence-corrected chi connectivity index (χ4v) is 2.88. The van der Waals surface area contributed by atoms with Crippen LogP contribution in [-0.4, -0.2) is 36.5 Å². The molecule has 0 unspecified atom stereocenters. The number of carbonyl (C=O) groups is 1. The van der Waals surface area contributed by atoms with Crippen LogP contribution < -0.4 is 10.6 Å². The van der Waals surface area contributed by atoms with Crippen molar-refractivity contribution >= 4 is 17.3 Å². The van der Waals surface area contributed by atoms with Crippen LogP contribution in [0.5, 0.6) is 0 Å². The molecule has 1 fully saturated rings. The van der Waals surface area contributed by atoms with Gasteiger partial charge in [0.25, 0.3) is 0 Å². The number of carbonyl (C=O) groups excluding carboxylic acids is 1. The average molecular weight is 303 g/mol. The Kier molecular flexibility index (Phi) is 5.83. The molecule has 0 spiro atoms. The van der Waals surface area contributed by atoms with E-state index in [9.17, 15) is 4.79 Å².